The molecule has 8 nitrogen and oxygen atoms in total. The van der Waals surface area contributed by atoms with Crippen LogP contribution >= 0.6 is 15.9 Å². The van der Waals surface area contributed by atoms with Gasteiger partial charge in [0.05, 0.1) is 22.0 Å². The maximum Gasteiger partial charge on any atom is 0.240 e. The van der Waals surface area contributed by atoms with Crippen molar-refractivity contribution in [1.82, 2.24) is 14.3 Å². The average molecular weight is 597 g/mol. The van der Waals surface area contributed by atoms with E-state index < -0.39 is 30.2 Å². The lowest BCUT2D eigenvalue weighted by Gasteiger charge is -2.32. The zero-order valence-electron chi connectivity index (χ0n) is 21.2. The van der Waals surface area contributed by atoms with Crippen LogP contribution in [0.4, 0.5) is 0 Å². The van der Waals surface area contributed by atoms with Crippen LogP contribution in [0.25, 0.3) is 11.0 Å². The minimum atomic E-state index is -3.70. The van der Waals surface area contributed by atoms with Gasteiger partial charge >= 0.3 is 0 Å². The number of halogens is 1. The van der Waals surface area contributed by atoms with Crippen molar-refractivity contribution in [2.24, 2.45) is 0 Å². The molecule has 36 heavy (non-hydrogen) atoms. The van der Waals surface area contributed by atoms with Gasteiger partial charge in [0.15, 0.2) is 0 Å². The first-order valence-electron chi connectivity index (χ1n) is 12.1. The van der Waals surface area contributed by atoms with Crippen LogP contribution in [0.1, 0.15) is 12.0 Å². The molecule has 196 valence electrons. The molecule has 2 aromatic heterocycles. The number of ether oxygens (including phenoxy) is 3. The van der Waals surface area contributed by atoms with Gasteiger partial charge in [-0.2, -0.15) is 4.98 Å². The summed E-state index contributed by atoms with van der Waals surface area (Å²) >= 11 is 3.56. The summed E-state index contributed by atoms with van der Waals surface area (Å²) in [5.74, 6) is 0.389. The third kappa shape index (κ3) is 6.96. The first kappa shape index (κ1) is 27.3. The number of nitrogens with one attached hydrogen (secondary N) is 1. The fourth-order valence-corrected chi connectivity index (χ4v) is 6.37. The highest BCUT2D eigenvalue weighted by Crippen LogP contribution is 2.30. The Morgan fingerprint density at radius 2 is 1.97 bits per heavy atom. The zero-order chi connectivity index (χ0) is 25.9. The van der Waals surface area contributed by atoms with Crippen LogP contribution in [-0.4, -0.2) is 58.0 Å². The Labute approximate surface area is 222 Å². The summed E-state index contributed by atoms with van der Waals surface area (Å²) in [6.45, 7) is 10.7. The lowest BCUT2D eigenvalue weighted by Crippen LogP contribution is -2.51. The highest BCUT2D eigenvalue weighted by Gasteiger charge is 2.32. The molecule has 0 bridgehead atoms. The quantitative estimate of drug-likeness (QED) is 0.264. The highest BCUT2D eigenvalue weighted by molar-refractivity contribution is 9.10. The summed E-state index contributed by atoms with van der Waals surface area (Å²) in [4.78, 5) is 4.97. The predicted octanol–water partition coefficient (Wildman–Crippen LogP) is 4.93. The van der Waals surface area contributed by atoms with Crippen molar-refractivity contribution in [3.05, 3.63) is 52.6 Å². The molecule has 3 heterocycles. The molecule has 2 atom stereocenters. The average Bonchev–Trinajstić information content (AvgIpc) is 3.19. The van der Waals surface area contributed by atoms with E-state index in [1.54, 1.807) is 24.3 Å². The molecule has 0 spiro atoms. The molecule has 0 amide bonds. The van der Waals surface area contributed by atoms with E-state index in [0.717, 1.165) is 29.2 Å². The number of nitrogens with zero attached hydrogens (tertiary/aromatic N) is 2. The smallest absolute Gasteiger partial charge is 0.240 e. The van der Waals surface area contributed by atoms with Crippen molar-refractivity contribution in [2.45, 2.75) is 62.8 Å². The van der Waals surface area contributed by atoms with E-state index in [-0.39, 0.29) is 11.5 Å². The van der Waals surface area contributed by atoms with E-state index in [1.807, 2.05) is 29.8 Å². The van der Waals surface area contributed by atoms with Crippen molar-refractivity contribution in [3.63, 3.8) is 0 Å². The second kappa shape index (κ2) is 11.3. The summed E-state index contributed by atoms with van der Waals surface area (Å²) in [5, 5.41) is 0.958. The van der Waals surface area contributed by atoms with Crippen LogP contribution in [0.3, 0.4) is 0 Å². The largest absolute Gasteiger partial charge is 0.469 e. The van der Waals surface area contributed by atoms with Crippen molar-refractivity contribution in [3.8, 4) is 5.88 Å². The van der Waals surface area contributed by atoms with Gasteiger partial charge in [0.1, 0.15) is 18.5 Å². The molecular weight excluding hydrogens is 562 g/mol. The summed E-state index contributed by atoms with van der Waals surface area (Å²) in [5.41, 5.74) is 1.74. The molecule has 0 saturated carbocycles. The summed E-state index contributed by atoms with van der Waals surface area (Å²) in [7, 11) is -4.86. The number of aromatic nitrogens is 2. The predicted molar refractivity (Wildman–Crippen MR) is 147 cm³/mol. The molecule has 3 aromatic rings. The summed E-state index contributed by atoms with van der Waals surface area (Å²) in [6.07, 6.45) is 1.92. The van der Waals surface area contributed by atoms with Gasteiger partial charge in [0.2, 0.25) is 15.9 Å². The molecule has 1 saturated heterocycles. The van der Waals surface area contributed by atoms with E-state index in [0.29, 0.717) is 30.1 Å². The first-order valence-corrected chi connectivity index (χ1v) is 18.1. The standard InChI is InChI=1S/C25H34BrN3O5SSi/c1-18-5-7-20(8-6-18)35(30,31)28-22-10-12-32-16-23(22)34-25-21(26)15-19-9-11-29(24(19)27-25)17-33-13-14-36(2,3)4/h5-9,11,15,22-23,28H,10,12-14,16-17H2,1-4H3/t22-,23-/m1/s1. The number of aryl methyl sites for hydroxylation is 1. The normalized spacial score (nSPS) is 19.0. The van der Waals surface area contributed by atoms with Gasteiger partial charge in [0, 0.05) is 32.9 Å². The number of benzene rings is 1. The Balaban J connectivity index is 1.49. The van der Waals surface area contributed by atoms with E-state index in [2.05, 4.69) is 40.3 Å². The van der Waals surface area contributed by atoms with Gasteiger partial charge in [0.25, 0.3) is 0 Å². The summed E-state index contributed by atoms with van der Waals surface area (Å²) < 4.78 is 49.2. The molecule has 11 heteroatoms. The lowest BCUT2D eigenvalue weighted by molar-refractivity contribution is -0.0114. The second-order valence-corrected chi connectivity index (χ2v) is 18.6. The molecular formula is C25H34BrN3O5SSi. The van der Waals surface area contributed by atoms with Gasteiger partial charge in [-0.3, -0.25) is 0 Å². The van der Waals surface area contributed by atoms with Crippen molar-refractivity contribution >= 4 is 45.1 Å². The Morgan fingerprint density at radius 3 is 2.69 bits per heavy atom. The fourth-order valence-electron chi connectivity index (χ4n) is 3.89. The molecule has 1 aliphatic heterocycles. The van der Waals surface area contributed by atoms with Crippen LogP contribution in [-0.2, 0) is 26.2 Å². The number of pyridine rings is 1. The molecule has 0 aliphatic carbocycles. The van der Waals surface area contributed by atoms with Crippen molar-refractivity contribution in [2.75, 3.05) is 19.8 Å². The number of rotatable bonds is 10. The Morgan fingerprint density at radius 1 is 1.22 bits per heavy atom. The minimum absolute atomic E-state index is 0.228. The molecule has 0 radical (unpaired) electrons. The zero-order valence-corrected chi connectivity index (χ0v) is 24.6. The SMILES string of the molecule is Cc1ccc(S(=O)(=O)N[C@@H]2CCOC[C@H]2Oc2nc3c(ccn3COCC[Si](C)(C)C)cc2Br)cc1. The highest BCUT2D eigenvalue weighted by atomic mass is 79.9. The maximum absolute atomic E-state index is 13.0. The third-order valence-electron chi connectivity index (χ3n) is 6.09. The molecule has 1 aliphatic rings. The van der Waals surface area contributed by atoms with Crippen molar-refractivity contribution in [1.29, 1.82) is 0 Å². The van der Waals surface area contributed by atoms with Crippen molar-refractivity contribution < 1.29 is 22.6 Å². The minimum Gasteiger partial charge on any atom is -0.469 e. The van der Waals surface area contributed by atoms with Crippen LogP contribution in [0.2, 0.25) is 25.7 Å². The topological polar surface area (TPSA) is 91.7 Å². The number of hydrogen-bond acceptors (Lipinski definition) is 6. The van der Waals surface area contributed by atoms with Gasteiger partial charge < -0.3 is 18.8 Å². The van der Waals surface area contributed by atoms with Crippen LogP contribution < -0.4 is 9.46 Å². The lowest BCUT2D eigenvalue weighted by atomic mass is 10.1. The molecule has 1 fully saturated rings. The molecule has 0 unspecified atom stereocenters. The van der Waals surface area contributed by atoms with Crippen LogP contribution in [0, 0.1) is 6.92 Å². The molecule has 1 aromatic carbocycles. The summed E-state index contributed by atoms with van der Waals surface area (Å²) in [6, 6.07) is 11.4. The molecule has 1 N–H and O–H groups in total. The Bertz CT molecular complexity index is 1290. The van der Waals surface area contributed by atoms with E-state index in [9.17, 15) is 8.42 Å². The Hall–Kier alpha value is -1.76. The molecule has 4 rings (SSSR count). The van der Waals surface area contributed by atoms with Gasteiger partial charge in [-0.05, 0) is 59.6 Å². The van der Waals surface area contributed by atoms with E-state index in [4.69, 9.17) is 19.2 Å². The second-order valence-electron chi connectivity index (χ2n) is 10.4. The number of sulfonamides is 1. The Kier molecular flexibility index (Phi) is 8.58. The third-order valence-corrected chi connectivity index (χ3v) is 9.87. The van der Waals surface area contributed by atoms with Gasteiger partial charge in [-0.25, -0.2) is 13.1 Å². The van der Waals surface area contributed by atoms with E-state index >= 15 is 0 Å². The first-order chi connectivity index (χ1) is 17.0. The fraction of sp³-hybridized carbons (Fsp3) is 0.480. The maximum atomic E-state index is 13.0. The number of hydrogen-bond donors (Lipinski definition) is 1. The van der Waals surface area contributed by atoms with E-state index in [1.165, 1.54) is 0 Å². The van der Waals surface area contributed by atoms with Crippen LogP contribution in [0.5, 0.6) is 5.88 Å². The van der Waals surface area contributed by atoms with Gasteiger partial charge in [-0.1, -0.05) is 37.3 Å². The monoisotopic (exact) mass is 595 g/mol. The van der Waals surface area contributed by atoms with Crippen LogP contribution in [0.15, 0.2) is 52.0 Å². The number of fused-ring (bicyclic) bond motifs is 1. The van der Waals surface area contributed by atoms with Gasteiger partial charge in [-0.15, -0.1) is 0 Å².